The van der Waals surface area contributed by atoms with Crippen LogP contribution in [0.4, 0.5) is 0 Å². The predicted octanol–water partition coefficient (Wildman–Crippen LogP) is 5.06. The molecule has 0 amide bonds. The molecular formula is C18H14INO2. The highest BCUT2D eigenvalue weighted by Crippen LogP contribution is 2.20. The molecule has 3 aromatic rings. The molecule has 0 aliphatic rings. The summed E-state index contributed by atoms with van der Waals surface area (Å²) in [5.74, 6) is 2.16. The predicted molar refractivity (Wildman–Crippen MR) is 94.2 cm³/mol. The molecule has 1 aromatic heterocycles. The molecule has 2 aromatic carbocycles. The summed E-state index contributed by atoms with van der Waals surface area (Å²) in [7, 11) is 0. The number of para-hydroxylation sites is 1. The molecule has 0 unspecified atom stereocenters. The number of benzene rings is 2. The lowest BCUT2D eigenvalue weighted by molar-refractivity contribution is 0.299. The van der Waals surface area contributed by atoms with Crippen LogP contribution in [0.5, 0.6) is 17.4 Å². The van der Waals surface area contributed by atoms with Gasteiger partial charge in [0.1, 0.15) is 18.1 Å². The molecule has 22 heavy (non-hydrogen) atoms. The Morgan fingerprint density at radius 2 is 1.55 bits per heavy atom. The minimum atomic E-state index is 0.409. The van der Waals surface area contributed by atoms with Gasteiger partial charge in [0.25, 0.3) is 0 Å². The molecule has 0 atom stereocenters. The Labute approximate surface area is 143 Å². The molecule has 0 bridgehead atoms. The fourth-order valence-corrected chi connectivity index (χ4v) is 2.25. The van der Waals surface area contributed by atoms with Gasteiger partial charge in [-0.05, 0) is 65.1 Å². The normalized spacial score (nSPS) is 10.2. The van der Waals surface area contributed by atoms with Gasteiger partial charge in [0.15, 0.2) is 0 Å². The largest absolute Gasteiger partial charge is 0.487 e. The van der Waals surface area contributed by atoms with Gasteiger partial charge in [0.05, 0.1) is 5.69 Å². The van der Waals surface area contributed by atoms with E-state index in [4.69, 9.17) is 9.47 Å². The van der Waals surface area contributed by atoms with Crippen molar-refractivity contribution in [2.45, 2.75) is 6.61 Å². The van der Waals surface area contributed by atoms with E-state index in [1.54, 1.807) is 0 Å². The van der Waals surface area contributed by atoms with E-state index in [0.29, 0.717) is 12.5 Å². The van der Waals surface area contributed by atoms with Crippen molar-refractivity contribution in [1.29, 1.82) is 0 Å². The third-order valence-corrected chi connectivity index (χ3v) is 3.67. The molecule has 0 N–H and O–H groups in total. The molecule has 0 saturated heterocycles. The van der Waals surface area contributed by atoms with Crippen molar-refractivity contribution < 1.29 is 9.47 Å². The number of ether oxygens (including phenoxy) is 2. The van der Waals surface area contributed by atoms with Crippen molar-refractivity contribution in [2.75, 3.05) is 0 Å². The number of pyridine rings is 1. The fourth-order valence-electron chi connectivity index (χ4n) is 1.89. The summed E-state index contributed by atoms with van der Waals surface area (Å²) >= 11 is 2.27. The zero-order valence-electron chi connectivity index (χ0n) is 11.8. The Morgan fingerprint density at radius 3 is 2.32 bits per heavy atom. The number of hydrogen-bond donors (Lipinski definition) is 0. The van der Waals surface area contributed by atoms with Crippen LogP contribution in [0.2, 0.25) is 0 Å². The molecule has 3 nitrogen and oxygen atoms in total. The van der Waals surface area contributed by atoms with Crippen LogP contribution < -0.4 is 9.47 Å². The van der Waals surface area contributed by atoms with Crippen LogP contribution in [-0.2, 0) is 6.61 Å². The Morgan fingerprint density at radius 1 is 0.773 bits per heavy atom. The Kier molecular flexibility index (Phi) is 4.90. The number of halogens is 1. The standard InChI is InChI=1S/C18H14INO2/c19-14-9-11-16(12-10-14)21-13-15-5-4-8-18(20-15)22-17-6-2-1-3-7-17/h1-12H,13H2. The summed E-state index contributed by atoms with van der Waals surface area (Å²) in [5, 5.41) is 0. The maximum absolute atomic E-state index is 5.73. The number of nitrogens with zero attached hydrogens (tertiary/aromatic N) is 1. The Bertz CT molecular complexity index is 730. The quantitative estimate of drug-likeness (QED) is 0.559. The maximum atomic E-state index is 5.73. The maximum Gasteiger partial charge on any atom is 0.219 e. The summed E-state index contributed by atoms with van der Waals surface area (Å²) in [6, 6.07) is 23.2. The van der Waals surface area contributed by atoms with E-state index in [2.05, 4.69) is 27.6 Å². The first-order chi connectivity index (χ1) is 10.8. The van der Waals surface area contributed by atoms with E-state index in [1.165, 1.54) is 3.57 Å². The second-order valence-corrected chi connectivity index (χ2v) is 5.87. The Balaban J connectivity index is 1.65. The lowest BCUT2D eigenvalue weighted by atomic mass is 10.3. The van der Waals surface area contributed by atoms with E-state index in [1.807, 2.05) is 72.8 Å². The van der Waals surface area contributed by atoms with E-state index in [-0.39, 0.29) is 0 Å². The van der Waals surface area contributed by atoms with Gasteiger partial charge in [0, 0.05) is 9.64 Å². The zero-order chi connectivity index (χ0) is 15.2. The third kappa shape index (κ3) is 4.21. The van der Waals surface area contributed by atoms with Gasteiger partial charge in [0.2, 0.25) is 5.88 Å². The van der Waals surface area contributed by atoms with Gasteiger partial charge in [-0.1, -0.05) is 24.3 Å². The number of aromatic nitrogens is 1. The number of hydrogen-bond acceptors (Lipinski definition) is 3. The van der Waals surface area contributed by atoms with E-state index in [0.717, 1.165) is 17.2 Å². The summed E-state index contributed by atoms with van der Waals surface area (Å²) in [4.78, 5) is 4.45. The van der Waals surface area contributed by atoms with Gasteiger partial charge in [-0.2, -0.15) is 0 Å². The Hall–Kier alpha value is -2.08. The fraction of sp³-hybridized carbons (Fsp3) is 0.0556. The topological polar surface area (TPSA) is 31.4 Å². The highest BCUT2D eigenvalue weighted by Gasteiger charge is 2.02. The summed E-state index contributed by atoms with van der Waals surface area (Å²) in [5.41, 5.74) is 0.826. The van der Waals surface area contributed by atoms with E-state index in [9.17, 15) is 0 Å². The van der Waals surface area contributed by atoms with Crippen molar-refractivity contribution in [1.82, 2.24) is 4.98 Å². The lowest BCUT2D eigenvalue weighted by Crippen LogP contribution is -1.99. The zero-order valence-corrected chi connectivity index (χ0v) is 13.9. The molecule has 1 heterocycles. The van der Waals surface area contributed by atoms with Crippen LogP contribution in [0.1, 0.15) is 5.69 Å². The first kappa shape index (κ1) is 14.8. The summed E-state index contributed by atoms with van der Waals surface area (Å²) in [6.07, 6.45) is 0. The molecule has 0 fully saturated rings. The molecule has 0 spiro atoms. The molecule has 0 aliphatic carbocycles. The van der Waals surface area contributed by atoms with Gasteiger partial charge < -0.3 is 9.47 Å². The van der Waals surface area contributed by atoms with Gasteiger partial charge in [-0.3, -0.25) is 0 Å². The van der Waals surface area contributed by atoms with Gasteiger partial charge in [-0.15, -0.1) is 0 Å². The van der Waals surface area contributed by atoms with Crippen LogP contribution in [-0.4, -0.2) is 4.98 Å². The molecular weight excluding hydrogens is 389 g/mol. The highest BCUT2D eigenvalue weighted by atomic mass is 127. The number of rotatable bonds is 5. The van der Waals surface area contributed by atoms with Crippen molar-refractivity contribution in [2.24, 2.45) is 0 Å². The first-order valence-electron chi connectivity index (χ1n) is 6.87. The summed E-state index contributed by atoms with van der Waals surface area (Å²) < 4.78 is 12.6. The monoisotopic (exact) mass is 403 g/mol. The van der Waals surface area contributed by atoms with Crippen molar-refractivity contribution in [3.63, 3.8) is 0 Å². The van der Waals surface area contributed by atoms with Crippen LogP contribution in [0.25, 0.3) is 0 Å². The lowest BCUT2D eigenvalue weighted by Gasteiger charge is -2.08. The molecule has 0 aliphatic heterocycles. The van der Waals surface area contributed by atoms with Gasteiger partial charge >= 0.3 is 0 Å². The summed E-state index contributed by atoms with van der Waals surface area (Å²) in [6.45, 7) is 0.409. The SMILES string of the molecule is Ic1ccc(OCc2cccc(Oc3ccccc3)n2)cc1. The van der Waals surface area contributed by atoms with Crippen LogP contribution in [0, 0.1) is 3.57 Å². The second-order valence-electron chi connectivity index (χ2n) is 4.62. The highest BCUT2D eigenvalue weighted by molar-refractivity contribution is 14.1. The van der Waals surface area contributed by atoms with Crippen molar-refractivity contribution in [3.05, 3.63) is 82.1 Å². The molecule has 110 valence electrons. The average molecular weight is 403 g/mol. The molecule has 3 rings (SSSR count). The molecule has 0 saturated carbocycles. The van der Waals surface area contributed by atoms with Crippen molar-refractivity contribution in [3.8, 4) is 17.4 Å². The van der Waals surface area contributed by atoms with Crippen LogP contribution in [0.3, 0.4) is 0 Å². The van der Waals surface area contributed by atoms with Gasteiger partial charge in [-0.25, -0.2) is 4.98 Å². The van der Waals surface area contributed by atoms with E-state index >= 15 is 0 Å². The third-order valence-electron chi connectivity index (χ3n) is 2.95. The first-order valence-corrected chi connectivity index (χ1v) is 7.95. The van der Waals surface area contributed by atoms with Crippen LogP contribution >= 0.6 is 22.6 Å². The van der Waals surface area contributed by atoms with Crippen LogP contribution in [0.15, 0.2) is 72.8 Å². The van der Waals surface area contributed by atoms with E-state index < -0.39 is 0 Å². The van der Waals surface area contributed by atoms with Crippen molar-refractivity contribution >= 4 is 22.6 Å². The molecule has 4 heteroatoms. The minimum Gasteiger partial charge on any atom is -0.487 e. The minimum absolute atomic E-state index is 0.409. The molecule has 0 radical (unpaired) electrons. The smallest absolute Gasteiger partial charge is 0.219 e. The average Bonchev–Trinajstić information content (AvgIpc) is 2.56. The second kappa shape index (κ2) is 7.26.